The Balaban J connectivity index is 1.72. The molecule has 0 aromatic rings. The maximum absolute atomic E-state index is 11.0. The van der Waals surface area contributed by atoms with E-state index in [1.165, 1.54) is 0 Å². The molecule has 0 bridgehead atoms. The van der Waals surface area contributed by atoms with Gasteiger partial charge in [-0.25, -0.2) is 0 Å². The molecule has 0 radical (unpaired) electrons. The van der Waals surface area contributed by atoms with E-state index in [0.29, 0.717) is 0 Å². The fourth-order valence-corrected chi connectivity index (χ4v) is 5.88. The van der Waals surface area contributed by atoms with E-state index in [0.717, 1.165) is 38.5 Å². The predicted octanol–water partition coefficient (Wildman–Crippen LogP) is 0.939. The van der Waals surface area contributed by atoms with Crippen molar-refractivity contribution in [2.45, 2.75) is 108 Å². The normalized spacial score (nSPS) is 50.2. The molecule has 0 amide bonds. The van der Waals surface area contributed by atoms with Gasteiger partial charge in [-0.1, -0.05) is 13.3 Å². The van der Waals surface area contributed by atoms with Gasteiger partial charge in [0, 0.05) is 0 Å². The van der Waals surface area contributed by atoms with Gasteiger partial charge in [0.1, 0.15) is 24.4 Å². The third-order valence-corrected chi connectivity index (χ3v) is 7.86. The average molecular weight is 403 g/mol. The molecular formula is C21H38O7. The Morgan fingerprint density at radius 2 is 1.71 bits per heavy atom. The van der Waals surface area contributed by atoms with Crippen molar-refractivity contribution in [3.05, 3.63) is 0 Å². The second kappa shape index (κ2) is 7.76. The molecule has 0 aromatic carbocycles. The Hall–Kier alpha value is -0.280. The van der Waals surface area contributed by atoms with Crippen molar-refractivity contribution in [1.29, 1.82) is 0 Å². The maximum Gasteiger partial charge on any atom is 0.187 e. The molecule has 1 heterocycles. The van der Waals surface area contributed by atoms with Gasteiger partial charge < -0.3 is 35.0 Å². The maximum atomic E-state index is 11.0. The predicted molar refractivity (Wildman–Crippen MR) is 102 cm³/mol. The zero-order valence-corrected chi connectivity index (χ0v) is 17.5. The minimum absolute atomic E-state index is 0.136. The van der Waals surface area contributed by atoms with Gasteiger partial charge in [-0.2, -0.15) is 0 Å². The minimum atomic E-state index is -1.44. The Morgan fingerprint density at radius 1 is 1.04 bits per heavy atom. The first-order valence-corrected chi connectivity index (χ1v) is 10.6. The Labute approximate surface area is 167 Å². The van der Waals surface area contributed by atoms with E-state index < -0.39 is 48.5 Å². The molecule has 164 valence electrons. The molecule has 1 saturated heterocycles. The number of aliphatic hydroxyl groups is 5. The molecule has 28 heavy (non-hydrogen) atoms. The van der Waals surface area contributed by atoms with E-state index >= 15 is 0 Å². The Morgan fingerprint density at radius 3 is 2.36 bits per heavy atom. The summed E-state index contributed by atoms with van der Waals surface area (Å²) in [5.41, 5.74) is -1.22. The molecule has 3 rings (SSSR count). The van der Waals surface area contributed by atoms with Crippen LogP contribution in [0.5, 0.6) is 0 Å². The van der Waals surface area contributed by atoms with Crippen molar-refractivity contribution in [2.75, 3.05) is 6.61 Å². The molecule has 5 N–H and O–H groups in total. The van der Waals surface area contributed by atoms with E-state index in [4.69, 9.17) is 9.47 Å². The minimum Gasteiger partial charge on any atom is -0.394 e. The lowest BCUT2D eigenvalue weighted by Gasteiger charge is -2.56. The van der Waals surface area contributed by atoms with Crippen LogP contribution in [0.1, 0.15) is 66.2 Å². The average Bonchev–Trinajstić information content (AvgIpc) is 2.61. The van der Waals surface area contributed by atoms with Crippen LogP contribution in [0.15, 0.2) is 0 Å². The fraction of sp³-hybridized carbons (Fsp3) is 1.00. The van der Waals surface area contributed by atoms with E-state index in [-0.39, 0.29) is 17.3 Å². The number of hydrogen-bond donors (Lipinski definition) is 5. The first-order valence-electron chi connectivity index (χ1n) is 10.6. The lowest BCUT2D eigenvalue weighted by Crippen LogP contribution is -2.61. The molecular weight excluding hydrogens is 364 g/mol. The van der Waals surface area contributed by atoms with Crippen LogP contribution in [0, 0.1) is 17.3 Å². The van der Waals surface area contributed by atoms with Gasteiger partial charge in [-0.05, 0) is 70.1 Å². The summed E-state index contributed by atoms with van der Waals surface area (Å²) in [5, 5.41) is 50.7. The van der Waals surface area contributed by atoms with Gasteiger partial charge in [0.2, 0.25) is 0 Å². The first kappa shape index (κ1) is 22.4. The van der Waals surface area contributed by atoms with Crippen LogP contribution in [0.2, 0.25) is 0 Å². The smallest absolute Gasteiger partial charge is 0.187 e. The molecule has 3 fully saturated rings. The first-order chi connectivity index (χ1) is 12.9. The zero-order valence-electron chi connectivity index (χ0n) is 17.5. The van der Waals surface area contributed by atoms with Crippen LogP contribution in [0.25, 0.3) is 0 Å². The molecule has 2 saturated carbocycles. The number of ether oxygens (including phenoxy) is 2. The number of rotatable bonds is 4. The fourth-order valence-electron chi connectivity index (χ4n) is 5.88. The van der Waals surface area contributed by atoms with Crippen molar-refractivity contribution in [3.8, 4) is 0 Å². The monoisotopic (exact) mass is 402 g/mol. The summed E-state index contributed by atoms with van der Waals surface area (Å²) in [6, 6.07) is 0. The largest absolute Gasteiger partial charge is 0.394 e. The molecule has 7 heteroatoms. The SMILES string of the molecule is CC1(O)CCCC2(C)CCC(C(C)(C)OC3OC(CO)C(O)C(O)C3O)CC12. The molecule has 1 aliphatic heterocycles. The molecule has 3 aliphatic rings. The summed E-state index contributed by atoms with van der Waals surface area (Å²) in [4.78, 5) is 0. The Kier molecular flexibility index (Phi) is 6.21. The van der Waals surface area contributed by atoms with Gasteiger partial charge in [0.25, 0.3) is 0 Å². The summed E-state index contributed by atoms with van der Waals surface area (Å²) in [5.74, 6) is 0.340. The molecule has 9 atom stereocenters. The second-order valence-corrected chi connectivity index (χ2v) is 10.3. The van der Waals surface area contributed by atoms with Gasteiger partial charge in [0.15, 0.2) is 6.29 Å². The highest BCUT2D eigenvalue weighted by atomic mass is 16.7. The van der Waals surface area contributed by atoms with E-state index in [9.17, 15) is 25.5 Å². The van der Waals surface area contributed by atoms with Crippen molar-refractivity contribution in [3.63, 3.8) is 0 Å². The summed E-state index contributed by atoms with van der Waals surface area (Å²) in [6.45, 7) is 7.65. The van der Waals surface area contributed by atoms with Crippen molar-refractivity contribution < 1.29 is 35.0 Å². The molecule has 2 aliphatic carbocycles. The van der Waals surface area contributed by atoms with Crippen LogP contribution in [-0.4, -0.2) is 74.0 Å². The highest BCUT2D eigenvalue weighted by Crippen LogP contribution is 2.57. The summed E-state index contributed by atoms with van der Waals surface area (Å²) < 4.78 is 11.7. The van der Waals surface area contributed by atoms with Gasteiger partial charge >= 0.3 is 0 Å². The van der Waals surface area contributed by atoms with Gasteiger partial charge in [-0.3, -0.25) is 0 Å². The quantitative estimate of drug-likeness (QED) is 0.475. The third-order valence-electron chi connectivity index (χ3n) is 7.86. The Bertz CT molecular complexity index is 549. The van der Waals surface area contributed by atoms with Gasteiger partial charge in [-0.15, -0.1) is 0 Å². The van der Waals surface area contributed by atoms with Crippen LogP contribution in [-0.2, 0) is 9.47 Å². The van der Waals surface area contributed by atoms with Crippen LogP contribution < -0.4 is 0 Å². The summed E-state index contributed by atoms with van der Waals surface area (Å²) in [7, 11) is 0. The van der Waals surface area contributed by atoms with Crippen molar-refractivity contribution >= 4 is 0 Å². The second-order valence-electron chi connectivity index (χ2n) is 10.3. The third kappa shape index (κ3) is 4.00. The highest BCUT2D eigenvalue weighted by Gasteiger charge is 2.54. The van der Waals surface area contributed by atoms with Crippen molar-refractivity contribution in [2.24, 2.45) is 17.3 Å². The van der Waals surface area contributed by atoms with E-state index in [1.54, 1.807) is 0 Å². The van der Waals surface area contributed by atoms with E-state index in [1.807, 2.05) is 20.8 Å². The van der Waals surface area contributed by atoms with Crippen molar-refractivity contribution in [1.82, 2.24) is 0 Å². The zero-order chi connectivity index (χ0) is 20.9. The standard InChI is InChI=1S/C21H38O7/c1-19(2,28-18-17(25)16(24)15(23)13(11-22)27-18)12-6-9-20(3)7-5-8-21(4,26)14(20)10-12/h12-18,22-26H,5-11H2,1-4H3. The summed E-state index contributed by atoms with van der Waals surface area (Å²) >= 11 is 0. The van der Waals surface area contributed by atoms with Crippen LogP contribution in [0.4, 0.5) is 0 Å². The van der Waals surface area contributed by atoms with Crippen LogP contribution in [0.3, 0.4) is 0 Å². The van der Waals surface area contributed by atoms with E-state index in [2.05, 4.69) is 6.92 Å². The number of fused-ring (bicyclic) bond motifs is 1. The number of aliphatic hydroxyl groups excluding tert-OH is 4. The summed E-state index contributed by atoms with van der Waals surface area (Å²) in [6.07, 6.45) is -0.558. The van der Waals surface area contributed by atoms with Gasteiger partial charge in [0.05, 0.1) is 17.8 Å². The lowest BCUT2D eigenvalue weighted by atomic mass is 9.52. The topological polar surface area (TPSA) is 120 Å². The highest BCUT2D eigenvalue weighted by molar-refractivity contribution is 5.03. The molecule has 0 aromatic heterocycles. The molecule has 9 unspecified atom stereocenters. The molecule has 7 nitrogen and oxygen atoms in total. The molecule has 0 spiro atoms. The number of hydrogen-bond acceptors (Lipinski definition) is 7. The lowest BCUT2D eigenvalue weighted by molar-refractivity contribution is -0.331. The van der Waals surface area contributed by atoms with Crippen LogP contribution >= 0.6 is 0 Å².